The number of hydrogen-bond acceptors (Lipinski definition) is 2. The van der Waals surface area contributed by atoms with Gasteiger partial charge < -0.3 is 5.73 Å². The maximum atomic E-state index is 6.28. The molecular weight excluding hydrogens is 244 g/mol. The van der Waals surface area contributed by atoms with Gasteiger partial charge in [-0.05, 0) is 29.7 Å². The van der Waals surface area contributed by atoms with E-state index in [-0.39, 0.29) is 6.04 Å². The standard InChI is InChI=1S/C18H22N2/c1-2-20-13-12-17(19)18(20)16-10-8-15(9-11-16)14-6-4-3-5-7-14/h3-11,17-18H,2,12-13,19H2,1H3. The van der Waals surface area contributed by atoms with E-state index < -0.39 is 0 Å². The number of rotatable bonds is 3. The van der Waals surface area contributed by atoms with Crippen LogP contribution in [0.5, 0.6) is 0 Å². The van der Waals surface area contributed by atoms with Crippen molar-refractivity contribution in [3.05, 3.63) is 60.2 Å². The lowest BCUT2D eigenvalue weighted by Gasteiger charge is -2.26. The van der Waals surface area contributed by atoms with E-state index >= 15 is 0 Å². The largest absolute Gasteiger partial charge is 0.326 e. The van der Waals surface area contributed by atoms with Crippen LogP contribution in [-0.4, -0.2) is 24.0 Å². The minimum absolute atomic E-state index is 0.262. The molecule has 1 heterocycles. The molecule has 104 valence electrons. The van der Waals surface area contributed by atoms with Gasteiger partial charge in [0.25, 0.3) is 0 Å². The summed E-state index contributed by atoms with van der Waals surface area (Å²) in [6.45, 7) is 4.39. The molecule has 20 heavy (non-hydrogen) atoms. The quantitative estimate of drug-likeness (QED) is 0.922. The van der Waals surface area contributed by atoms with Crippen molar-refractivity contribution in [1.29, 1.82) is 0 Å². The molecule has 2 aromatic carbocycles. The minimum atomic E-state index is 0.262. The molecule has 2 unspecified atom stereocenters. The van der Waals surface area contributed by atoms with Crippen molar-refractivity contribution in [2.75, 3.05) is 13.1 Å². The normalized spacial score (nSPS) is 23.1. The summed E-state index contributed by atoms with van der Waals surface area (Å²) < 4.78 is 0. The van der Waals surface area contributed by atoms with Crippen LogP contribution in [0.1, 0.15) is 24.9 Å². The summed E-state index contributed by atoms with van der Waals surface area (Å²) in [5.74, 6) is 0. The highest BCUT2D eigenvalue weighted by Crippen LogP contribution is 2.32. The van der Waals surface area contributed by atoms with Crippen LogP contribution in [0.4, 0.5) is 0 Å². The zero-order valence-electron chi connectivity index (χ0n) is 12.0. The summed E-state index contributed by atoms with van der Waals surface area (Å²) in [6.07, 6.45) is 1.10. The second kappa shape index (κ2) is 5.78. The van der Waals surface area contributed by atoms with Crippen LogP contribution < -0.4 is 5.73 Å². The zero-order valence-corrected chi connectivity index (χ0v) is 12.0. The van der Waals surface area contributed by atoms with Gasteiger partial charge >= 0.3 is 0 Å². The molecule has 2 heteroatoms. The molecule has 1 saturated heterocycles. The van der Waals surface area contributed by atoms with E-state index in [4.69, 9.17) is 5.73 Å². The van der Waals surface area contributed by atoms with Gasteiger partial charge in [0.1, 0.15) is 0 Å². The SMILES string of the molecule is CCN1CCC(N)C1c1ccc(-c2ccccc2)cc1. The monoisotopic (exact) mass is 266 g/mol. The molecule has 0 radical (unpaired) electrons. The fourth-order valence-corrected chi connectivity index (χ4v) is 3.20. The molecule has 0 amide bonds. The number of nitrogens with zero attached hydrogens (tertiary/aromatic N) is 1. The van der Waals surface area contributed by atoms with Crippen molar-refractivity contribution in [3.8, 4) is 11.1 Å². The van der Waals surface area contributed by atoms with Crippen molar-refractivity contribution >= 4 is 0 Å². The van der Waals surface area contributed by atoms with Crippen molar-refractivity contribution in [3.63, 3.8) is 0 Å². The average Bonchev–Trinajstić information content (AvgIpc) is 2.89. The van der Waals surface area contributed by atoms with Gasteiger partial charge in [0.2, 0.25) is 0 Å². The molecule has 2 nitrogen and oxygen atoms in total. The fraction of sp³-hybridized carbons (Fsp3) is 0.333. The van der Waals surface area contributed by atoms with E-state index in [1.807, 2.05) is 0 Å². The highest BCUT2D eigenvalue weighted by atomic mass is 15.2. The Balaban J connectivity index is 1.86. The smallest absolute Gasteiger partial charge is 0.0499 e. The lowest BCUT2D eigenvalue weighted by molar-refractivity contribution is 0.261. The van der Waals surface area contributed by atoms with Crippen LogP contribution in [0.3, 0.4) is 0 Å². The maximum Gasteiger partial charge on any atom is 0.0499 e. The third-order valence-corrected chi connectivity index (χ3v) is 4.31. The molecular formula is C18H22N2. The van der Waals surface area contributed by atoms with Gasteiger partial charge in [-0.25, -0.2) is 0 Å². The molecule has 0 aromatic heterocycles. The lowest BCUT2D eigenvalue weighted by atomic mass is 9.97. The molecule has 0 bridgehead atoms. The Morgan fingerprint density at radius 2 is 1.65 bits per heavy atom. The number of benzene rings is 2. The van der Waals surface area contributed by atoms with E-state index in [1.165, 1.54) is 16.7 Å². The topological polar surface area (TPSA) is 29.3 Å². The van der Waals surface area contributed by atoms with Crippen LogP contribution >= 0.6 is 0 Å². The van der Waals surface area contributed by atoms with Crippen molar-refractivity contribution < 1.29 is 0 Å². The van der Waals surface area contributed by atoms with Crippen LogP contribution in [0.15, 0.2) is 54.6 Å². The minimum Gasteiger partial charge on any atom is -0.326 e. The van der Waals surface area contributed by atoms with Crippen LogP contribution in [-0.2, 0) is 0 Å². The highest BCUT2D eigenvalue weighted by molar-refractivity contribution is 5.63. The predicted octanol–water partition coefficient (Wildman–Crippen LogP) is 3.45. The van der Waals surface area contributed by atoms with Crippen LogP contribution in [0.2, 0.25) is 0 Å². The van der Waals surface area contributed by atoms with Crippen LogP contribution in [0, 0.1) is 0 Å². The number of likely N-dealkylation sites (N-methyl/N-ethyl adjacent to an activating group) is 1. The molecule has 1 aliphatic heterocycles. The van der Waals surface area contributed by atoms with Gasteiger partial charge in [-0.15, -0.1) is 0 Å². The van der Waals surface area contributed by atoms with Crippen molar-refractivity contribution in [2.24, 2.45) is 5.73 Å². The summed E-state index contributed by atoms with van der Waals surface area (Å²) in [5, 5.41) is 0. The average molecular weight is 266 g/mol. The Hall–Kier alpha value is -1.64. The van der Waals surface area contributed by atoms with Crippen molar-refractivity contribution in [2.45, 2.75) is 25.4 Å². The third kappa shape index (κ3) is 2.49. The first-order valence-corrected chi connectivity index (χ1v) is 7.44. The summed E-state index contributed by atoms with van der Waals surface area (Å²) in [7, 11) is 0. The maximum absolute atomic E-state index is 6.28. The van der Waals surface area contributed by atoms with Gasteiger partial charge in [-0.3, -0.25) is 4.90 Å². The molecule has 1 aliphatic rings. The predicted molar refractivity (Wildman–Crippen MR) is 84.5 cm³/mol. The van der Waals surface area contributed by atoms with E-state index in [9.17, 15) is 0 Å². The second-order valence-corrected chi connectivity index (χ2v) is 5.51. The lowest BCUT2D eigenvalue weighted by Crippen LogP contribution is -2.31. The van der Waals surface area contributed by atoms with Gasteiger partial charge in [0.05, 0.1) is 0 Å². The Bertz CT molecular complexity index is 547. The van der Waals surface area contributed by atoms with E-state index in [0.717, 1.165) is 19.5 Å². The van der Waals surface area contributed by atoms with E-state index in [1.54, 1.807) is 0 Å². The second-order valence-electron chi connectivity index (χ2n) is 5.51. The summed E-state index contributed by atoms with van der Waals surface area (Å²) in [4.78, 5) is 2.47. The number of nitrogens with two attached hydrogens (primary N) is 1. The molecule has 2 atom stereocenters. The van der Waals surface area contributed by atoms with Gasteiger partial charge in [-0.2, -0.15) is 0 Å². The molecule has 0 spiro atoms. The molecule has 0 saturated carbocycles. The fourth-order valence-electron chi connectivity index (χ4n) is 3.20. The zero-order chi connectivity index (χ0) is 13.9. The summed E-state index contributed by atoms with van der Waals surface area (Å²) in [5.41, 5.74) is 10.2. The third-order valence-electron chi connectivity index (χ3n) is 4.31. The molecule has 3 rings (SSSR count). The van der Waals surface area contributed by atoms with E-state index in [0.29, 0.717) is 6.04 Å². The Labute approximate surface area is 121 Å². The molecule has 1 fully saturated rings. The Kier molecular flexibility index (Phi) is 3.86. The first kappa shape index (κ1) is 13.3. The first-order valence-electron chi connectivity index (χ1n) is 7.44. The van der Waals surface area contributed by atoms with E-state index in [2.05, 4.69) is 66.4 Å². The number of hydrogen-bond donors (Lipinski definition) is 1. The number of likely N-dealkylation sites (tertiary alicyclic amines) is 1. The van der Waals surface area contributed by atoms with Crippen molar-refractivity contribution in [1.82, 2.24) is 4.90 Å². The van der Waals surface area contributed by atoms with Gasteiger partial charge in [-0.1, -0.05) is 61.5 Å². The Morgan fingerprint density at radius 1 is 1.00 bits per heavy atom. The molecule has 0 aliphatic carbocycles. The molecule has 2 aromatic rings. The molecule has 2 N–H and O–H groups in total. The first-order chi connectivity index (χ1) is 9.79. The summed E-state index contributed by atoms with van der Waals surface area (Å²) in [6, 6.07) is 20.0. The van der Waals surface area contributed by atoms with Crippen LogP contribution in [0.25, 0.3) is 11.1 Å². The van der Waals surface area contributed by atoms with Gasteiger partial charge in [0, 0.05) is 18.6 Å². The summed E-state index contributed by atoms with van der Waals surface area (Å²) >= 11 is 0. The van der Waals surface area contributed by atoms with Gasteiger partial charge in [0.15, 0.2) is 0 Å². The Morgan fingerprint density at radius 3 is 2.30 bits per heavy atom. The highest BCUT2D eigenvalue weighted by Gasteiger charge is 2.31.